The maximum Gasteiger partial charge on any atom is 0.0118 e. The molecule has 1 aromatic rings. The van der Waals surface area contributed by atoms with Crippen molar-refractivity contribution in [3.63, 3.8) is 0 Å². The second-order valence-corrected chi connectivity index (χ2v) is 4.89. The van der Waals surface area contributed by atoms with Crippen LogP contribution in [0, 0.1) is 0 Å². The largest absolute Gasteiger partial charge is 0.107 e. The van der Waals surface area contributed by atoms with Gasteiger partial charge < -0.3 is 0 Å². The minimum absolute atomic E-state index is 0. The third-order valence-electron chi connectivity index (χ3n) is 3.71. The molecule has 0 fully saturated rings. The number of halogens is 1. The zero-order valence-electron chi connectivity index (χ0n) is 10.6. The minimum Gasteiger partial charge on any atom is -0.107 e. The molecule has 0 amide bonds. The van der Waals surface area contributed by atoms with Gasteiger partial charge in [-0.05, 0) is 17.5 Å². The van der Waals surface area contributed by atoms with Crippen molar-refractivity contribution in [2.75, 3.05) is 0 Å². The quantitative estimate of drug-likeness (QED) is 0.473. The number of allylic oxidation sites excluding steroid dienone is 2. The zero-order valence-corrected chi connectivity index (χ0v) is 12.9. The van der Waals surface area contributed by atoms with E-state index < -0.39 is 0 Å². The zero-order chi connectivity index (χ0) is 11.1. The van der Waals surface area contributed by atoms with Gasteiger partial charge in [0.1, 0.15) is 0 Å². The van der Waals surface area contributed by atoms with Gasteiger partial charge in [-0.25, -0.2) is 0 Å². The summed E-state index contributed by atoms with van der Waals surface area (Å²) >= 11 is 0. The Kier molecular flexibility index (Phi) is 3.88. The van der Waals surface area contributed by atoms with E-state index in [9.17, 15) is 0 Å². The Hall–Kier alpha value is -0.310. The number of fused-ring (bicyclic) bond motifs is 5. The standard InChI is InChI=1S/C13H14.C2H6.HI/c1-12-7-8-13(2,9-12)11-6-4-3-5-10(11)12;1-2;/h3-8H,9H2,1-2H3;1-2H3;1H. The van der Waals surface area contributed by atoms with Crippen LogP contribution in [0.5, 0.6) is 0 Å². The molecule has 1 aromatic carbocycles. The first-order chi connectivity index (χ1) is 7.14. The Morgan fingerprint density at radius 3 is 1.62 bits per heavy atom. The molecule has 0 nitrogen and oxygen atoms in total. The van der Waals surface area contributed by atoms with E-state index in [1.54, 1.807) is 11.1 Å². The lowest BCUT2D eigenvalue weighted by Gasteiger charge is -2.21. The Morgan fingerprint density at radius 1 is 0.875 bits per heavy atom. The van der Waals surface area contributed by atoms with E-state index >= 15 is 0 Å². The molecule has 0 spiro atoms. The third kappa shape index (κ3) is 1.73. The summed E-state index contributed by atoms with van der Waals surface area (Å²) in [7, 11) is 0. The second kappa shape index (κ2) is 4.52. The average molecular weight is 328 g/mol. The number of benzene rings is 1. The van der Waals surface area contributed by atoms with E-state index in [0.717, 1.165) is 0 Å². The van der Waals surface area contributed by atoms with Crippen LogP contribution in [0.25, 0.3) is 0 Å². The lowest BCUT2D eigenvalue weighted by Crippen LogP contribution is -2.12. The second-order valence-electron chi connectivity index (χ2n) is 4.89. The third-order valence-corrected chi connectivity index (χ3v) is 3.71. The van der Waals surface area contributed by atoms with Crippen molar-refractivity contribution in [3.05, 3.63) is 47.5 Å². The highest BCUT2D eigenvalue weighted by Crippen LogP contribution is 2.55. The minimum atomic E-state index is 0. The first-order valence-corrected chi connectivity index (χ1v) is 5.95. The molecule has 16 heavy (non-hydrogen) atoms. The molecule has 3 rings (SSSR count). The van der Waals surface area contributed by atoms with Gasteiger partial charge in [0.15, 0.2) is 0 Å². The van der Waals surface area contributed by atoms with E-state index in [4.69, 9.17) is 0 Å². The van der Waals surface area contributed by atoms with Gasteiger partial charge in [-0.15, -0.1) is 24.0 Å². The summed E-state index contributed by atoms with van der Waals surface area (Å²) in [6.07, 6.45) is 6.03. The summed E-state index contributed by atoms with van der Waals surface area (Å²) < 4.78 is 0. The van der Waals surface area contributed by atoms with Crippen molar-refractivity contribution in [2.24, 2.45) is 0 Å². The first-order valence-electron chi connectivity index (χ1n) is 5.95. The van der Waals surface area contributed by atoms with Crippen LogP contribution in [0.1, 0.15) is 45.2 Å². The van der Waals surface area contributed by atoms with Gasteiger partial charge in [0.2, 0.25) is 0 Å². The van der Waals surface area contributed by atoms with Crippen LogP contribution in [0.15, 0.2) is 36.4 Å². The van der Waals surface area contributed by atoms with Gasteiger partial charge in [-0.3, -0.25) is 0 Å². The predicted octanol–water partition coefficient (Wildman–Crippen LogP) is 4.82. The molecule has 0 saturated carbocycles. The Bertz CT molecular complexity index is 371. The van der Waals surface area contributed by atoms with E-state index in [1.165, 1.54) is 6.42 Å². The molecule has 2 atom stereocenters. The SMILES string of the molecule is CC.CC12C=CC(C)(C1)c1ccccc12.I. The van der Waals surface area contributed by atoms with Crippen molar-refractivity contribution in [1.82, 2.24) is 0 Å². The Balaban J connectivity index is 0.000000406. The van der Waals surface area contributed by atoms with Crippen molar-refractivity contribution < 1.29 is 0 Å². The van der Waals surface area contributed by atoms with Crippen LogP contribution in [-0.2, 0) is 10.8 Å². The monoisotopic (exact) mass is 328 g/mol. The number of hydrogen-bond acceptors (Lipinski definition) is 0. The van der Waals surface area contributed by atoms with Crippen LogP contribution in [0.2, 0.25) is 0 Å². The maximum atomic E-state index is 2.38. The Morgan fingerprint density at radius 2 is 1.25 bits per heavy atom. The van der Waals surface area contributed by atoms with Crippen molar-refractivity contribution in [2.45, 2.75) is 44.9 Å². The predicted molar refractivity (Wildman–Crippen MR) is 81.7 cm³/mol. The molecule has 0 heterocycles. The van der Waals surface area contributed by atoms with E-state index in [2.05, 4.69) is 50.3 Å². The van der Waals surface area contributed by atoms with Crippen molar-refractivity contribution >= 4 is 24.0 Å². The maximum absolute atomic E-state index is 2.38. The van der Waals surface area contributed by atoms with Gasteiger partial charge in [-0.1, -0.05) is 64.1 Å². The van der Waals surface area contributed by atoms with Crippen molar-refractivity contribution in [1.29, 1.82) is 0 Å². The average Bonchev–Trinajstić information content (AvgIpc) is 2.70. The molecule has 2 unspecified atom stereocenters. The molecule has 0 N–H and O–H groups in total. The van der Waals surface area contributed by atoms with Crippen LogP contribution in [0.4, 0.5) is 0 Å². The highest BCUT2D eigenvalue weighted by atomic mass is 127. The molecular formula is C15H21I. The van der Waals surface area contributed by atoms with Gasteiger partial charge in [0.25, 0.3) is 0 Å². The lowest BCUT2D eigenvalue weighted by atomic mass is 9.84. The molecule has 0 aliphatic heterocycles. The molecule has 0 radical (unpaired) electrons. The van der Waals surface area contributed by atoms with E-state index in [1.807, 2.05) is 13.8 Å². The fourth-order valence-electron chi connectivity index (χ4n) is 3.10. The van der Waals surface area contributed by atoms with E-state index in [0.29, 0.717) is 10.8 Å². The van der Waals surface area contributed by atoms with Gasteiger partial charge >= 0.3 is 0 Å². The molecular weight excluding hydrogens is 307 g/mol. The van der Waals surface area contributed by atoms with Crippen LogP contribution in [-0.4, -0.2) is 0 Å². The molecule has 2 bridgehead atoms. The Labute approximate surface area is 116 Å². The summed E-state index contributed by atoms with van der Waals surface area (Å²) in [5.41, 5.74) is 3.73. The molecule has 2 aliphatic rings. The molecule has 88 valence electrons. The van der Waals surface area contributed by atoms with Crippen LogP contribution >= 0.6 is 24.0 Å². The highest BCUT2D eigenvalue weighted by molar-refractivity contribution is 14.0. The normalized spacial score (nSPS) is 32.5. The molecule has 0 aromatic heterocycles. The van der Waals surface area contributed by atoms with Gasteiger partial charge in [0.05, 0.1) is 0 Å². The fraction of sp³-hybridized carbons (Fsp3) is 0.467. The summed E-state index contributed by atoms with van der Waals surface area (Å²) in [6.45, 7) is 8.70. The highest BCUT2D eigenvalue weighted by Gasteiger charge is 2.48. The van der Waals surface area contributed by atoms with Gasteiger partial charge in [0, 0.05) is 10.8 Å². The number of hydrogen-bond donors (Lipinski definition) is 0. The topological polar surface area (TPSA) is 0 Å². The van der Waals surface area contributed by atoms with Crippen molar-refractivity contribution in [3.8, 4) is 0 Å². The van der Waals surface area contributed by atoms with Gasteiger partial charge in [-0.2, -0.15) is 0 Å². The fourth-order valence-corrected chi connectivity index (χ4v) is 3.10. The summed E-state index contributed by atoms with van der Waals surface area (Å²) in [4.78, 5) is 0. The van der Waals surface area contributed by atoms with Crippen LogP contribution in [0.3, 0.4) is 0 Å². The summed E-state index contributed by atoms with van der Waals surface area (Å²) in [5, 5.41) is 0. The van der Waals surface area contributed by atoms with E-state index in [-0.39, 0.29) is 24.0 Å². The molecule has 2 aliphatic carbocycles. The van der Waals surface area contributed by atoms with Crippen LogP contribution < -0.4 is 0 Å². The molecule has 0 saturated heterocycles. The summed E-state index contributed by atoms with van der Waals surface area (Å²) in [5.74, 6) is 0. The smallest absolute Gasteiger partial charge is 0.0118 e. The first kappa shape index (κ1) is 13.8. The summed E-state index contributed by atoms with van der Waals surface area (Å²) in [6, 6.07) is 8.87. The number of rotatable bonds is 0. The lowest BCUT2D eigenvalue weighted by molar-refractivity contribution is 0.517. The molecule has 1 heteroatoms.